The van der Waals surface area contributed by atoms with Crippen molar-refractivity contribution in [2.24, 2.45) is 5.92 Å². The highest BCUT2D eigenvalue weighted by atomic mass is 32.2. The van der Waals surface area contributed by atoms with Gasteiger partial charge in [0.2, 0.25) is 15.9 Å². The topological polar surface area (TPSA) is 93.1 Å². The lowest BCUT2D eigenvalue weighted by atomic mass is 10.0. The molecule has 0 radical (unpaired) electrons. The van der Waals surface area contributed by atoms with E-state index in [1.54, 1.807) is 24.3 Å². The van der Waals surface area contributed by atoms with Gasteiger partial charge in [0.1, 0.15) is 6.04 Å². The average molecular weight is 481 g/mol. The Balaban J connectivity index is 1.50. The number of nitrogens with one attached hydrogen (secondary N) is 2. The van der Waals surface area contributed by atoms with Crippen LogP contribution in [0.3, 0.4) is 0 Å². The molecule has 1 amide bonds. The summed E-state index contributed by atoms with van der Waals surface area (Å²) >= 11 is 0. The SMILES string of the molecule is Cc1ccc(S(=O)(=O)NC(CC(C)C)C(=O)NCc2nn(-c3ccccc3)c3c2CCC3)cc1. The van der Waals surface area contributed by atoms with Crippen molar-refractivity contribution in [2.45, 2.75) is 63.9 Å². The summed E-state index contributed by atoms with van der Waals surface area (Å²) in [6, 6.07) is 15.7. The van der Waals surface area contributed by atoms with Gasteiger partial charge in [0, 0.05) is 5.69 Å². The molecule has 4 rings (SSSR count). The molecule has 2 N–H and O–H groups in total. The molecule has 0 saturated carbocycles. The fourth-order valence-electron chi connectivity index (χ4n) is 4.39. The van der Waals surface area contributed by atoms with Crippen molar-refractivity contribution in [3.05, 3.63) is 77.1 Å². The third-order valence-electron chi connectivity index (χ3n) is 6.10. The summed E-state index contributed by atoms with van der Waals surface area (Å²) in [6.45, 7) is 6.10. The minimum atomic E-state index is -3.82. The summed E-state index contributed by atoms with van der Waals surface area (Å²) in [7, 11) is -3.82. The van der Waals surface area contributed by atoms with Crippen LogP contribution in [-0.4, -0.2) is 30.1 Å². The normalized spacial score (nSPS) is 14.2. The van der Waals surface area contributed by atoms with Gasteiger partial charge >= 0.3 is 0 Å². The van der Waals surface area contributed by atoms with Gasteiger partial charge in [-0.05, 0) is 68.4 Å². The number of para-hydroxylation sites is 1. The molecule has 0 bridgehead atoms. The highest BCUT2D eigenvalue weighted by Gasteiger charge is 2.28. The predicted octanol–water partition coefficient (Wildman–Crippen LogP) is 3.68. The van der Waals surface area contributed by atoms with E-state index in [0.717, 1.165) is 36.2 Å². The second-order valence-corrected chi connectivity index (χ2v) is 11.0. The first-order chi connectivity index (χ1) is 16.2. The molecule has 7 nitrogen and oxygen atoms in total. The van der Waals surface area contributed by atoms with Gasteiger partial charge in [-0.2, -0.15) is 9.82 Å². The lowest BCUT2D eigenvalue weighted by Gasteiger charge is -2.20. The molecular weight excluding hydrogens is 448 g/mol. The number of aromatic nitrogens is 2. The molecule has 0 spiro atoms. The molecule has 1 unspecified atom stereocenters. The minimum Gasteiger partial charge on any atom is -0.349 e. The lowest BCUT2D eigenvalue weighted by molar-refractivity contribution is -0.123. The smallest absolute Gasteiger partial charge is 0.241 e. The molecule has 180 valence electrons. The van der Waals surface area contributed by atoms with Gasteiger partial charge in [-0.25, -0.2) is 13.1 Å². The van der Waals surface area contributed by atoms with Crippen molar-refractivity contribution in [2.75, 3.05) is 0 Å². The number of rotatable bonds is 9. The second-order valence-electron chi connectivity index (χ2n) is 9.31. The summed E-state index contributed by atoms with van der Waals surface area (Å²) in [5.41, 5.74) is 5.19. The molecule has 1 aliphatic rings. The molecule has 2 aromatic carbocycles. The van der Waals surface area contributed by atoms with E-state index in [0.29, 0.717) is 6.42 Å². The van der Waals surface area contributed by atoms with Gasteiger partial charge < -0.3 is 5.32 Å². The Morgan fingerprint density at radius 3 is 2.44 bits per heavy atom. The molecular formula is C26H32N4O3S. The van der Waals surface area contributed by atoms with E-state index < -0.39 is 16.1 Å². The highest BCUT2D eigenvalue weighted by molar-refractivity contribution is 7.89. The number of carbonyl (C=O) groups excluding carboxylic acids is 1. The van der Waals surface area contributed by atoms with E-state index in [2.05, 4.69) is 10.0 Å². The van der Waals surface area contributed by atoms with E-state index in [1.807, 2.05) is 55.8 Å². The van der Waals surface area contributed by atoms with Gasteiger partial charge in [-0.3, -0.25) is 4.79 Å². The number of benzene rings is 2. The minimum absolute atomic E-state index is 0.137. The third kappa shape index (κ3) is 5.39. The van der Waals surface area contributed by atoms with Gasteiger partial charge in [0.05, 0.1) is 22.8 Å². The van der Waals surface area contributed by atoms with Gasteiger partial charge in [-0.1, -0.05) is 49.7 Å². The zero-order chi connectivity index (χ0) is 24.3. The second kappa shape index (κ2) is 10.1. The first-order valence-corrected chi connectivity index (χ1v) is 13.2. The number of carbonyl (C=O) groups is 1. The fraction of sp³-hybridized carbons (Fsp3) is 0.385. The number of hydrogen-bond donors (Lipinski definition) is 2. The van der Waals surface area contributed by atoms with E-state index >= 15 is 0 Å². The van der Waals surface area contributed by atoms with E-state index in [1.165, 1.54) is 11.3 Å². The molecule has 8 heteroatoms. The summed E-state index contributed by atoms with van der Waals surface area (Å²) in [5, 5.41) is 7.73. The third-order valence-corrected chi connectivity index (χ3v) is 7.58. The molecule has 0 saturated heterocycles. The van der Waals surface area contributed by atoms with Crippen LogP contribution in [0.5, 0.6) is 0 Å². The van der Waals surface area contributed by atoms with Crippen molar-refractivity contribution >= 4 is 15.9 Å². The Morgan fingerprint density at radius 2 is 1.76 bits per heavy atom. The number of sulfonamides is 1. The Morgan fingerprint density at radius 1 is 1.06 bits per heavy atom. The molecule has 0 aliphatic heterocycles. The molecule has 3 aromatic rings. The van der Waals surface area contributed by atoms with Crippen molar-refractivity contribution in [3.8, 4) is 5.69 Å². The Kier molecular flexibility index (Phi) is 7.19. The van der Waals surface area contributed by atoms with Gasteiger partial charge in [0.25, 0.3) is 0 Å². The van der Waals surface area contributed by atoms with E-state index in [-0.39, 0.29) is 23.3 Å². The summed E-state index contributed by atoms with van der Waals surface area (Å²) in [4.78, 5) is 13.3. The van der Waals surface area contributed by atoms with Crippen LogP contribution in [0.1, 0.15) is 49.2 Å². The highest BCUT2D eigenvalue weighted by Crippen LogP contribution is 2.27. The summed E-state index contributed by atoms with van der Waals surface area (Å²) in [6.07, 6.45) is 3.35. The van der Waals surface area contributed by atoms with Crippen LogP contribution in [-0.2, 0) is 34.2 Å². The predicted molar refractivity (Wildman–Crippen MR) is 132 cm³/mol. The van der Waals surface area contributed by atoms with Crippen molar-refractivity contribution < 1.29 is 13.2 Å². The van der Waals surface area contributed by atoms with Crippen molar-refractivity contribution in [1.82, 2.24) is 19.8 Å². The monoisotopic (exact) mass is 480 g/mol. The number of amides is 1. The van der Waals surface area contributed by atoms with E-state index in [4.69, 9.17) is 5.10 Å². The van der Waals surface area contributed by atoms with Crippen LogP contribution in [0.25, 0.3) is 5.69 Å². The largest absolute Gasteiger partial charge is 0.349 e. The van der Waals surface area contributed by atoms with Crippen molar-refractivity contribution in [3.63, 3.8) is 0 Å². The first-order valence-electron chi connectivity index (χ1n) is 11.8. The number of nitrogens with zero attached hydrogens (tertiary/aromatic N) is 2. The molecule has 34 heavy (non-hydrogen) atoms. The van der Waals surface area contributed by atoms with Gasteiger partial charge in [-0.15, -0.1) is 0 Å². The maximum absolute atomic E-state index is 13.1. The lowest BCUT2D eigenvalue weighted by Crippen LogP contribution is -2.47. The average Bonchev–Trinajstić information content (AvgIpc) is 3.41. The van der Waals surface area contributed by atoms with Crippen LogP contribution >= 0.6 is 0 Å². The van der Waals surface area contributed by atoms with E-state index in [9.17, 15) is 13.2 Å². The van der Waals surface area contributed by atoms with Crippen molar-refractivity contribution in [1.29, 1.82) is 0 Å². The van der Waals surface area contributed by atoms with Crippen LogP contribution < -0.4 is 10.0 Å². The maximum Gasteiger partial charge on any atom is 0.241 e. The first kappa shape index (κ1) is 24.2. The van der Waals surface area contributed by atoms with Crippen LogP contribution in [0.4, 0.5) is 0 Å². The Hall–Kier alpha value is -2.97. The Bertz CT molecular complexity index is 1250. The number of hydrogen-bond acceptors (Lipinski definition) is 4. The van der Waals surface area contributed by atoms with Crippen LogP contribution in [0.15, 0.2) is 59.5 Å². The quantitative estimate of drug-likeness (QED) is 0.489. The van der Waals surface area contributed by atoms with Gasteiger partial charge in [0.15, 0.2) is 0 Å². The van der Waals surface area contributed by atoms with Crippen LogP contribution in [0.2, 0.25) is 0 Å². The zero-order valence-corrected chi connectivity index (χ0v) is 20.7. The fourth-order valence-corrected chi connectivity index (χ4v) is 5.59. The number of aryl methyl sites for hydroxylation is 1. The molecule has 1 aliphatic carbocycles. The summed E-state index contributed by atoms with van der Waals surface area (Å²) in [5.74, 6) is -0.205. The summed E-state index contributed by atoms with van der Waals surface area (Å²) < 4.78 is 30.4. The molecule has 0 fully saturated rings. The molecule has 1 atom stereocenters. The zero-order valence-electron chi connectivity index (χ0n) is 19.9. The number of fused-ring (bicyclic) bond motifs is 1. The Labute approximate surface area is 201 Å². The standard InChI is InChI=1S/C26H32N4O3S/c1-18(2)16-23(29-34(32,33)21-14-12-19(3)13-15-21)26(31)27-17-24-22-10-7-11-25(22)30(28-24)20-8-5-4-6-9-20/h4-6,8-9,12-15,18,23,29H,7,10-11,16-17H2,1-3H3,(H,27,31). The molecule has 1 heterocycles. The maximum atomic E-state index is 13.1. The molecule has 1 aromatic heterocycles. The van der Waals surface area contributed by atoms with Crippen LogP contribution in [0, 0.1) is 12.8 Å².